The standard InChI is InChI=1S/C16H24N4O2S/c1-13-7-5-6-10-15(13)20-11-17-16(18-12-20)19-23(21,22)14-8-3-2-4-9-14/h2-4,8-9,13,15H,5-7,10-12H2,1H3,(H2,17,18,19)/t13-,15-/m1/s1. The summed E-state index contributed by atoms with van der Waals surface area (Å²) >= 11 is 0. The maximum absolute atomic E-state index is 12.3. The number of benzene rings is 1. The molecule has 0 spiro atoms. The summed E-state index contributed by atoms with van der Waals surface area (Å²) in [6, 6.07) is 8.88. The molecule has 1 aromatic rings. The lowest BCUT2D eigenvalue weighted by molar-refractivity contribution is 0.106. The topological polar surface area (TPSA) is 73.8 Å². The summed E-state index contributed by atoms with van der Waals surface area (Å²) in [6.07, 6.45) is 5.04. The van der Waals surface area contributed by atoms with Gasteiger partial charge in [0.05, 0.1) is 18.2 Å². The van der Waals surface area contributed by atoms with Crippen LogP contribution in [0.15, 0.2) is 40.2 Å². The molecule has 1 aromatic carbocycles. The molecule has 0 saturated heterocycles. The van der Waals surface area contributed by atoms with Gasteiger partial charge in [-0.3, -0.25) is 4.90 Å². The fraction of sp³-hybridized carbons (Fsp3) is 0.562. The van der Waals surface area contributed by atoms with E-state index < -0.39 is 10.0 Å². The Hall–Kier alpha value is -1.60. The van der Waals surface area contributed by atoms with E-state index in [9.17, 15) is 8.42 Å². The summed E-state index contributed by atoms with van der Waals surface area (Å²) < 4.78 is 27.1. The van der Waals surface area contributed by atoms with Gasteiger partial charge >= 0.3 is 0 Å². The van der Waals surface area contributed by atoms with Gasteiger partial charge in [0.2, 0.25) is 5.96 Å². The zero-order valence-electron chi connectivity index (χ0n) is 13.4. The molecule has 1 heterocycles. The highest BCUT2D eigenvalue weighted by Crippen LogP contribution is 2.28. The van der Waals surface area contributed by atoms with Crippen LogP contribution >= 0.6 is 0 Å². The second kappa shape index (κ2) is 6.88. The van der Waals surface area contributed by atoms with Crippen molar-refractivity contribution < 1.29 is 8.42 Å². The van der Waals surface area contributed by atoms with Gasteiger partial charge in [-0.15, -0.1) is 0 Å². The average Bonchev–Trinajstić information content (AvgIpc) is 2.57. The number of aliphatic imine (C=N–C) groups is 1. The van der Waals surface area contributed by atoms with E-state index in [-0.39, 0.29) is 4.90 Å². The lowest BCUT2D eigenvalue weighted by Crippen LogP contribution is -2.54. The third-order valence-corrected chi connectivity index (χ3v) is 6.03. The number of rotatable bonds is 3. The van der Waals surface area contributed by atoms with Crippen molar-refractivity contribution in [1.82, 2.24) is 14.9 Å². The largest absolute Gasteiger partial charge is 0.343 e. The Morgan fingerprint density at radius 3 is 2.61 bits per heavy atom. The molecule has 1 aliphatic carbocycles. The molecule has 6 nitrogen and oxygen atoms in total. The second-order valence-corrected chi connectivity index (χ2v) is 8.00. The normalized spacial score (nSPS) is 26.2. The fourth-order valence-corrected chi connectivity index (χ4v) is 4.38. The van der Waals surface area contributed by atoms with Crippen LogP contribution in [0.25, 0.3) is 0 Å². The van der Waals surface area contributed by atoms with E-state index in [1.54, 1.807) is 30.3 Å². The van der Waals surface area contributed by atoms with Crippen molar-refractivity contribution in [3.63, 3.8) is 0 Å². The second-order valence-electron chi connectivity index (χ2n) is 6.32. The summed E-state index contributed by atoms with van der Waals surface area (Å²) in [7, 11) is -3.57. The molecule has 1 aliphatic heterocycles. The fourth-order valence-electron chi connectivity index (χ4n) is 3.36. The van der Waals surface area contributed by atoms with Gasteiger partial charge < -0.3 is 5.32 Å². The third kappa shape index (κ3) is 3.84. The molecule has 0 aromatic heterocycles. The number of hydrogen-bond donors (Lipinski definition) is 2. The van der Waals surface area contributed by atoms with Crippen LogP contribution in [0.2, 0.25) is 0 Å². The van der Waals surface area contributed by atoms with Crippen molar-refractivity contribution in [3.05, 3.63) is 30.3 Å². The Bertz CT molecular complexity index is 660. The Balaban J connectivity index is 1.63. The minimum absolute atomic E-state index is 0.243. The summed E-state index contributed by atoms with van der Waals surface area (Å²) in [5.74, 6) is 0.997. The Kier molecular flexibility index (Phi) is 4.87. The maximum atomic E-state index is 12.3. The van der Waals surface area contributed by atoms with Crippen molar-refractivity contribution >= 4 is 16.0 Å². The van der Waals surface area contributed by atoms with Gasteiger partial charge in [0.15, 0.2) is 0 Å². The maximum Gasteiger partial charge on any atom is 0.264 e. The lowest BCUT2D eigenvalue weighted by Gasteiger charge is -2.39. The van der Waals surface area contributed by atoms with Crippen LogP contribution in [0.4, 0.5) is 0 Å². The van der Waals surface area contributed by atoms with Gasteiger partial charge in [0, 0.05) is 6.04 Å². The molecular formula is C16H24N4O2S. The van der Waals surface area contributed by atoms with Crippen LogP contribution in [0, 0.1) is 5.92 Å². The molecule has 0 unspecified atom stereocenters. The summed E-state index contributed by atoms with van der Waals surface area (Å²) in [6.45, 7) is 3.46. The number of sulfonamides is 1. The van der Waals surface area contributed by atoms with Crippen molar-refractivity contribution in [3.8, 4) is 0 Å². The van der Waals surface area contributed by atoms with Gasteiger partial charge in [-0.25, -0.2) is 18.1 Å². The monoisotopic (exact) mass is 336 g/mol. The van der Waals surface area contributed by atoms with Crippen molar-refractivity contribution in [1.29, 1.82) is 0 Å². The Morgan fingerprint density at radius 1 is 1.22 bits per heavy atom. The summed E-state index contributed by atoms with van der Waals surface area (Å²) in [5, 5.41) is 3.10. The molecule has 0 bridgehead atoms. The molecule has 3 rings (SSSR count). The van der Waals surface area contributed by atoms with Crippen LogP contribution in [0.1, 0.15) is 32.6 Å². The molecular weight excluding hydrogens is 312 g/mol. The molecule has 7 heteroatoms. The van der Waals surface area contributed by atoms with Crippen LogP contribution in [-0.2, 0) is 10.0 Å². The first kappa shape index (κ1) is 16.3. The summed E-state index contributed by atoms with van der Waals surface area (Å²) in [5.41, 5.74) is 0. The SMILES string of the molecule is C[C@@H]1CCCC[C@H]1N1CN=C(NS(=O)(=O)c2ccccc2)NC1. The third-order valence-electron chi connectivity index (χ3n) is 4.68. The first-order valence-electron chi connectivity index (χ1n) is 8.16. The number of nitrogens with zero attached hydrogens (tertiary/aromatic N) is 2. The quantitative estimate of drug-likeness (QED) is 0.881. The highest BCUT2D eigenvalue weighted by Gasteiger charge is 2.29. The van der Waals surface area contributed by atoms with E-state index in [4.69, 9.17) is 0 Å². The first-order valence-corrected chi connectivity index (χ1v) is 9.65. The van der Waals surface area contributed by atoms with E-state index in [1.807, 2.05) is 0 Å². The highest BCUT2D eigenvalue weighted by atomic mass is 32.2. The zero-order valence-corrected chi connectivity index (χ0v) is 14.2. The number of hydrogen-bond acceptors (Lipinski definition) is 5. The molecule has 1 saturated carbocycles. The van der Waals surface area contributed by atoms with Gasteiger partial charge in [-0.2, -0.15) is 0 Å². The van der Waals surface area contributed by atoms with Crippen molar-refractivity contribution in [2.45, 2.75) is 43.5 Å². The lowest BCUT2D eigenvalue weighted by atomic mass is 9.85. The molecule has 2 atom stereocenters. The Morgan fingerprint density at radius 2 is 1.96 bits per heavy atom. The van der Waals surface area contributed by atoms with E-state index in [0.29, 0.717) is 31.3 Å². The molecule has 0 amide bonds. The van der Waals surface area contributed by atoms with E-state index in [0.717, 1.165) is 0 Å². The smallest absolute Gasteiger partial charge is 0.264 e. The summed E-state index contributed by atoms with van der Waals surface area (Å²) in [4.78, 5) is 6.91. The van der Waals surface area contributed by atoms with E-state index in [1.165, 1.54) is 25.7 Å². The van der Waals surface area contributed by atoms with Crippen molar-refractivity contribution in [2.24, 2.45) is 10.9 Å². The van der Waals surface area contributed by atoms with Crippen LogP contribution in [0.5, 0.6) is 0 Å². The molecule has 2 aliphatic rings. The molecule has 0 radical (unpaired) electrons. The average molecular weight is 336 g/mol. The van der Waals surface area contributed by atoms with Crippen molar-refractivity contribution in [2.75, 3.05) is 13.3 Å². The minimum atomic E-state index is -3.57. The highest BCUT2D eigenvalue weighted by molar-refractivity contribution is 7.90. The molecule has 23 heavy (non-hydrogen) atoms. The zero-order chi connectivity index (χ0) is 16.3. The number of nitrogens with one attached hydrogen (secondary N) is 2. The molecule has 2 N–H and O–H groups in total. The molecule has 1 fully saturated rings. The minimum Gasteiger partial charge on any atom is -0.343 e. The predicted molar refractivity (Wildman–Crippen MR) is 90.3 cm³/mol. The van der Waals surface area contributed by atoms with Crippen LogP contribution < -0.4 is 10.0 Å². The molecule has 126 valence electrons. The van der Waals surface area contributed by atoms with Gasteiger partial charge in [0.25, 0.3) is 10.0 Å². The van der Waals surface area contributed by atoms with Gasteiger partial charge in [-0.1, -0.05) is 38.0 Å². The number of guanidine groups is 1. The van der Waals surface area contributed by atoms with E-state index >= 15 is 0 Å². The van der Waals surface area contributed by atoms with Gasteiger partial charge in [0.1, 0.15) is 0 Å². The first-order chi connectivity index (χ1) is 11.1. The predicted octanol–water partition coefficient (Wildman–Crippen LogP) is 1.72. The van der Waals surface area contributed by atoms with Crippen LogP contribution in [0.3, 0.4) is 0 Å². The van der Waals surface area contributed by atoms with Crippen LogP contribution in [-0.4, -0.2) is 38.7 Å². The van der Waals surface area contributed by atoms with E-state index in [2.05, 4.69) is 26.9 Å². The Labute approximate surface area is 138 Å². The van der Waals surface area contributed by atoms with Gasteiger partial charge in [-0.05, 0) is 30.9 Å².